The number of hydrogen-bond acceptors (Lipinski definition) is 4. The van der Waals surface area contributed by atoms with Crippen LogP contribution in [0.1, 0.15) is 66.5 Å². The molecule has 0 heterocycles. The SMILES string of the molecule is C/C(=C\[C@H](C(C)C)N(C)C(=O)C(NC(=O)[C@@H](N)C(C)(C)c1cccc(C)c1)C(C)(C)C)C(=O)O. The Bertz CT molecular complexity index is 928. The van der Waals surface area contributed by atoms with E-state index in [2.05, 4.69) is 5.32 Å². The summed E-state index contributed by atoms with van der Waals surface area (Å²) in [5.74, 6) is -1.76. The van der Waals surface area contributed by atoms with Gasteiger partial charge in [-0.25, -0.2) is 4.79 Å². The first-order valence-corrected chi connectivity index (χ1v) is 11.7. The van der Waals surface area contributed by atoms with Crippen LogP contribution in [0.2, 0.25) is 0 Å². The van der Waals surface area contributed by atoms with Crippen molar-refractivity contribution >= 4 is 17.8 Å². The molecule has 1 aromatic carbocycles. The molecule has 1 aromatic rings. The minimum Gasteiger partial charge on any atom is -0.478 e. The molecule has 0 radical (unpaired) electrons. The van der Waals surface area contributed by atoms with E-state index < -0.39 is 40.8 Å². The number of nitrogens with one attached hydrogen (secondary N) is 1. The lowest BCUT2D eigenvalue weighted by Gasteiger charge is -2.39. The number of benzene rings is 1. The zero-order valence-electron chi connectivity index (χ0n) is 22.4. The molecule has 0 fully saturated rings. The monoisotopic (exact) mass is 473 g/mol. The predicted octanol–water partition coefficient (Wildman–Crippen LogP) is 3.64. The Morgan fingerprint density at radius 1 is 1.12 bits per heavy atom. The van der Waals surface area contributed by atoms with Gasteiger partial charge in [-0.1, -0.05) is 84.4 Å². The van der Waals surface area contributed by atoms with Gasteiger partial charge in [0, 0.05) is 18.0 Å². The van der Waals surface area contributed by atoms with Gasteiger partial charge in [0.25, 0.3) is 0 Å². The van der Waals surface area contributed by atoms with Gasteiger partial charge in [0.05, 0.1) is 12.1 Å². The second-order valence-corrected chi connectivity index (χ2v) is 11.2. The van der Waals surface area contributed by atoms with Crippen LogP contribution in [0.25, 0.3) is 0 Å². The van der Waals surface area contributed by atoms with Crippen molar-refractivity contribution in [2.45, 2.75) is 85.9 Å². The largest absolute Gasteiger partial charge is 0.478 e. The summed E-state index contributed by atoms with van der Waals surface area (Å²) in [5, 5.41) is 12.2. The van der Waals surface area contributed by atoms with E-state index in [0.29, 0.717) is 0 Å². The van der Waals surface area contributed by atoms with Gasteiger partial charge >= 0.3 is 5.97 Å². The van der Waals surface area contributed by atoms with Crippen LogP contribution in [-0.2, 0) is 19.8 Å². The summed E-state index contributed by atoms with van der Waals surface area (Å²) >= 11 is 0. The molecule has 1 rings (SSSR count). The summed E-state index contributed by atoms with van der Waals surface area (Å²) in [4.78, 5) is 39.8. The molecule has 0 saturated carbocycles. The summed E-state index contributed by atoms with van der Waals surface area (Å²) in [6.45, 7) is 16.8. The first-order chi connectivity index (χ1) is 15.4. The smallest absolute Gasteiger partial charge is 0.331 e. The van der Waals surface area contributed by atoms with Crippen LogP contribution in [0.5, 0.6) is 0 Å². The van der Waals surface area contributed by atoms with Crippen molar-refractivity contribution in [2.24, 2.45) is 17.1 Å². The summed E-state index contributed by atoms with van der Waals surface area (Å²) in [6.07, 6.45) is 1.58. The van der Waals surface area contributed by atoms with Crippen molar-refractivity contribution in [3.05, 3.63) is 47.0 Å². The van der Waals surface area contributed by atoms with Crippen LogP contribution in [0.15, 0.2) is 35.9 Å². The van der Waals surface area contributed by atoms with Crippen LogP contribution < -0.4 is 11.1 Å². The molecule has 4 N–H and O–H groups in total. The molecule has 7 heteroatoms. The number of rotatable bonds is 9. The van der Waals surface area contributed by atoms with Crippen molar-refractivity contribution in [3.8, 4) is 0 Å². The lowest BCUT2D eigenvalue weighted by molar-refractivity contribution is -0.140. The Kier molecular flexibility index (Phi) is 9.65. The molecule has 2 amide bonds. The maximum Gasteiger partial charge on any atom is 0.331 e. The Morgan fingerprint density at radius 3 is 2.12 bits per heavy atom. The zero-order valence-corrected chi connectivity index (χ0v) is 22.4. The van der Waals surface area contributed by atoms with Crippen LogP contribution in [0.4, 0.5) is 0 Å². The lowest BCUT2D eigenvalue weighted by atomic mass is 9.76. The number of hydrogen-bond donors (Lipinski definition) is 3. The van der Waals surface area contributed by atoms with Crippen molar-refractivity contribution in [2.75, 3.05) is 7.05 Å². The van der Waals surface area contributed by atoms with E-state index in [0.717, 1.165) is 11.1 Å². The van der Waals surface area contributed by atoms with Crippen LogP contribution in [0, 0.1) is 18.3 Å². The standard InChI is InChI=1S/C27H43N3O4/c1-16(2)20(15-18(4)25(33)34)30(10)24(32)22(26(5,6)7)29-23(31)21(28)27(8,9)19-13-11-12-17(3)14-19/h11-16,20-22H,28H2,1-10H3,(H,29,31)(H,33,34)/b18-15+/t20-,21-,22?/m1/s1. The molecule has 0 saturated heterocycles. The minimum absolute atomic E-state index is 0.0259. The number of carbonyl (C=O) groups is 3. The first-order valence-electron chi connectivity index (χ1n) is 11.7. The molecule has 3 atom stereocenters. The van der Waals surface area contributed by atoms with Gasteiger partial charge in [-0.3, -0.25) is 9.59 Å². The van der Waals surface area contributed by atoms with Gasteiger partial charge in [0.1, 0.15) is 6.04 Å². The molecular weight excluding hydrogens is 430 g/mol. The van der Waals surface area contributed by atoms with Gasteiger partial charge in [-0.05, 0) is 30.7 Å². The summed E-state index contributed by atoms with van der Waals surface area (Å²) in [5.41, 5.74) is 7.37. The molecule has 0 aromatic heterocycles. The first kappa shape index (κ1) is 29.4. The van der Waals surface area contributed by atoms with Gasteiger partial charge in [0.2, 0.25) is 11.8 Å². The van der Waals surface area contributed by atoms with Crippen molar-refractivity contribution < 1.29 is 19.5 Å². The van der Waals surface area contributed by atoms with E-state index in [4.69, 9.17) is 5.73 Å². The molecule has 0 aliphatic carbocycles. The van der Waals surface area contributed by atoms with Crippen molar-refractivity contribution in [1.82, 2.24) is 10.2 Å². The third-order valence-electron chi connectivity index (χ3n) is 6.46. The van der Waals surface area contributed by atoms with Crippen molar-refractivity contribution in [3.63, 3.8) is 0 Å². The summed E-state index contributed by atoms with van der Waals surface area (Å²) in [6, 6.07) is 5.72. The number of likely N-dealkylation sites (N-methyl/N-ethyl adjacent to an activating group) is 1. The minimum atomic E-state index is -1.03. The summed E-state index contributed by atoms with van der Waals surface area (Å²) < 4.78 is 0. The number of carboxylic acids is 1. The van der Waals surface area contributed by atoms with Crippen LogP contribution >= 0.6 is 0 Å². The maximum absolute atomic E-state index is 13.6. The van der Waals surface area contributed by atoms with E-state index in [1.165, 1.54) is 11.8 Å². The number of carbonyl (C=O) groups excluding carboxylic acids is 2. The molecule has 190 valence electrons. The molecule has 34 heavy (non-hydrogen) atoms. The van der Waals surface area contributed by atoms with E-state index in [9.17, 15) is 19.5 Å². The molecule has 0 spiro atoms. The van der Waals surface area contributed by atoms with Crippen LogP contribution in [0.3, 0.4) is 0 Å². The maximum atomic E-state index is 13.6. The molecular formula is C27H43N3O4. The summed E-state index contributed by atoms with van der Waals surface area (Å²) in [7, 11) is 1.64. The average molecular weight is 474 g/mol. The molecule has 0 bridgehead atoms. The van der Waals surface area contributed by atoms with Gasteiger partial charge < -0.3 is 21.1 Å². The van der Waals surface area contributed by atoms with E-state index in [-0.39, 0.29) is 17.4 Å². The fourth-order valence-corrected chi connectivity index (χ4v) is 3.86. The third-order valence-corrected chi connectivity index (χ3v) is 6.46. The number of aryl methyl sites for hydroxylation is 1. The lowest BCUT2D eigenvalue weighted by Crippen LogP contribution is -2.61. The predicted molar refractivity (Wildman–Crippen MR) is 136 cm³/mol. The average Bonchev–Trinajstić information content (AvgIpc) is 2.72. The van der Waals surface area contributed by atoms with Gasteiger partial charge in [-0.2, -0.15) is 0 Å². The highest BCUT2D eigenvalue weighted by Crippen LogP contribution is 2.28. The second kappa shape index (κ2) is 11.2. The third kappa shape index (κ3) is 7.16. The molecule has 7 nitrogen and oxygen atoms in total. The Balaban J connectivity index is 3.24. The quantitative estimate of drug-likeness (QED) is 0.474. The van der Waals surface area contributed by atoms with Gasteiger partial charge in [-0.15, -0.1) is 0 Å². The number of aliphatic carboxylic acids is 1. The van der Waals surface area contributed by atoms with Gasteiger partial charge in [0.15, 0.2) is 0 Å². The fraction of sp³-hybridized carbons (Fsp3) is 0.593. The highest BCUT2D eigenvalue weighted by atomic mass is 16.4. The highest BCUT2D eigenvalue weighted by Gasteiger charge is 2.40. The Morgan fingerprint density at radius 2 is 1.68 bits per heavy atom. The Labute approximate surface area is 204 Å². The fourth-order valence-electron chi connectivity index (χ4n) is 3.86. The van der Waals surface area contributed by atoms with Crippen LogP contribution in [-0.4, -0.2) is 53.0 Å². The number of nitrogens with two attached hydrogens (primary N) is 1. The second-order valence-electron chi connectivity index (χ2n) is 11.2. The van der Waals surface area contributed by atoms with E-state index in [1.54, 1.807) is 13.1 Å². The number of amides is 2. The topological polar surface area (TPSA) is 113 Å². The molecule has 0 aliphatic rings. The highest BCUT2D eigenvalue weighted by molar-refractivity contribution is 5.91. The number of nitrogens with zero attached hydrogens (tertiary/aromatic N) is 1. The van der Waals surface area contributed by atoms with E-state index >= 15 is 0 Å². The molecule has 1 unspecified atom stereocenters. The zero-order chi connectivity index (χ0) is 26.6. The Hall–Kier alpha value is -2.67. The molecule has 0 aliphatic heterocycles. The number of carboxylic acid groups (broad SMARTS) is 1. The van der Waals surface area contributed by atoms with Crippen molar-refractivity contribution in [1.29, 1.82) is 0 Å². The van der Waals surface area contributed by atoms with E-state index in [1.807, 2.05) is 79.7 Å². The normalized spacial score (nSPS) is 15.5.